The first-order valence-electron chi connectivity index (χ1n) is 6.54. The van der Waals surface area contributed by atoms with Crippen LogP contribution in [0.15, 0.2) is 13.6 Å². The minimum atomic E-state index is 0.136. The molecule has 4 nitrogen and oxygen atoms in total. The van der Waals surface area contributed by atoms with Crippen LogP contribution in [0, 0.1) is 0 Å². The van der Waals surface area contributed by atoms with Gasteiger partial charge in [0.2, 0.25) is 5.91 Å². The lowest BCUT2D eigenvalue weighted by Gasteiger charge is -2.37. The molecule has 7 heteroatoms. The summed E-state index contributed by atoms with van der Waals surface area (Å²) in [5, 5.41) is 0. The van der Waals surface area contributed by atoms with Crippen LogP contribution in [0.5, 0.6) is 0 Å². The van der Waals surface area contributed by atoms with Crippen LogP contribution in [0.4, 0.5) is 0 Å². The molecule has 3 rings (SSSR count). The molecule has 20 heavy (non-hydrogen) atoms. The first-order chi connectivity index (χ1) is 9.54. The summed E-state index contributed by atoms with van der Waals surface area (Å²) in [4.78, 5) is 28.1. The quantitative estimate of drug-likeness (QED) is 0.704. The predicted molar refractivity (Wildman–Crippen MR) is 85.2 cm³/mol. The van der Waals surface area contributed by atoms with E-state index in [0.29, 0.717) is 19.0 Å². The Kier molecular flexibility index (Phi) is 4.31. The summed E-state index contributed by atoms with van der Waals surface area (Å²) in [5.41, 5.74) is 0.742. The van der Waals surface area contributed by atoms with E-state index in [4.69, 9.17) is 0 Å². The Hall–Kier alpha value is -0.240. The van der Waals surface area contributed by atoms with Crippen molar-refractivity contribution in [1.82, 2.24) is 9.80 Å². The van der Waals surface area contributed by atoms with Crippen molar-refractivity contribution in [1.29, 1.82) is 0 Å². The fourth-order valence-corrected chi connectivity index (χ4v) is 5.75. The SMILES string of the molecule is O=C(CN1CCN2C(=O)CCC2C1)c1cc(Br)sc1Br. The fraction of sp³-hybridized carbons (Fsp3) is 0.538. The number of ketones is 1. The molecular formula is C13H14Br2N2O2S. The number of carbonyl (C=O) groups is 2. The van der Waals surface area contributed by atoms with E-state index >= 15 is 0 Å². The maximum absolute atomic E-state index is 12.3. The van der Waals surface area contributed by atoms with Crippen molar-refractivity contribution < 1.29 is 9.59 Å². The van der Waals surface area contributed by atoms with Gasteiger partial charge in [0.05, 0.1) is 14.1 Å². The molecule has 2 aliphatic heterocycles. The second-order valence-corrected chi connectivity index (χ2v) is 8.93. The molecule has 0 radical (unpaired) electrons. The highest BCUT2D eigenvalue weighted by Crippen LogP contribution is 2.32. The van der Waals surface area contributed by atoms with Gasteiger partial charge >= 0.3 is 0 Å². The Balaban J connectivity index is 1.63. The van der Waals surface area contributed by atoms with Crippen LogP contribution in [0.1, 0.15) is 23.2 Å². The molecule has 0 aliphatic carbocycles. The maximum Gasteiger partial charge on any atom is 0.222 e. The lowest BCUT2D eigenvalue weighted by atomic mass is 10.1. The summed E-state index contributed by atoms with van der Waals surface area (Å²) in [5.74, 6) is 0.405. The lowest BCUT2D eigenvalue weighted by molar-refractivity contribution is -0.130. The Morgan fingerprint density at radius 2 is 2.20 bits per heavy atom. The summed E-state index contributed by atoms with van der Waals surface area (Å²) in [6.07, 6.45) is 1.59. The third kappa shape index (κ3) is 2.86. The van der Waals surface area contributed by atoms with Crippen molar-refractivity contribution in [3.63, 3.8) is 0 Å². The van der Waals surface area contributed by atoms with Gasteiger partial charge in [0.1, 0.15) is 0 Å². The van der Waals surface area contributed by atoms with Crippen molar-refractivity contribution >= 4 is 54.9 Å². The lowest BCUT2D eigenvalue weighted by Crippen LogP contribution is -2.52. The highest BCUT2D eigenvalue weighted by atomic mass is 79.9. The van der Waals surface area contributed by atoms with Crippen LogP contribution >= 0.6 is 43.2 Å². The van der Waals surface area contributed by atoms with Crippen molar-refractivity contribution in [3.8, 4) is 0 Å². The first kappa shape index (κ1) is 14.7. The van der Waals surface area contributed by atoms with Gasteiger partial charge in [-0.2, -0.15) is 0 Å². The molecule has 3 heterocycles. The van der Waals surface area contributed by atoms with Gasteiger partial charge in [-0.05, 0) is 44.3 Å². The summed E-state index contributed by atoms with van der Waals surface area (Å²) < 4.78 is 1.84. The zero-order valence-corrected chi connectivity index (χ0v) is 14.8. The van der Waals surface area contributed by atoms with Crippen LogP contribution in [0.2, 0.25) is 0 Å². The molecule has 2 aliphatic rings. The van der Waals surface area contributed by atoms with E-state index in [2.05, 4.69) is 36.8 Å². The Bertz CT molecular complexity index is 561. The minimum absolute atomic E-state index is 0.136. The Morgan fingerprint density at radius 3 is 2.90 bits per heavy atom. The van der Waals surface area contributed by atoms with Crippen molar-refractivity contribution in [2.45, 2.75) is 18.9 Å². The van der Waals surface area contributed by atoms with Crippen molar-refractivity contribution in [3.05, 3.63) is 19.2 Å². The van der Waals surface area contributed by atoms with E-state index in [1.54, 1.807) is 0 Å². The number of fused-ring (bicyclic) bond motifs is 1. The van der Waals surface area contributed by atoms with Crippen LogP contribution in [0.25, 0.3) is 0 Å². The third-order valence-corrected chi connectivity index (χ3v) is 6.24. The first-order valence-corrected chi connectivity index (χ1v) is 8.94. The summed E-state index contributed by atoms with van der Waals surface area (Å²) in [6, 6.07) is 2.17. The summed E-state index contributed by atoms with van der Waals surface area (Å²) in [7, 11) is 0. The van der Waals surface area contributed by atoms with Gasteiger partial charge in [-0.3, -0.25) is 14.5 Å². The molecule has 2 saturated heterocycles. The van der Waals surface area contributed by atoms with Gasteiger partial charge in [-0.25, -0.2) is 0 Å². The van der Waals surface area contributed by atoms with E-state index in [0.717, 1.165) is 39.2 Å². The molecule has 0 N–H and O–H groups in total. The monoisotopic (exact) mass is 420 g/mol. The molecule has 1 aromatic heterocycles. The van der Waals surface area contributed by atoms with E-state index < -0.39 is 0 Å². The molecule has 0 spiro atoms. The van der Waals surface area contributed by atoms with E-state index in [9.17, 15) is 9.59 Å². The molecular weight excluding hydrogens is 408 g/mol. The van der Waals surface area contributed by atoms with Gasteiger partial charge in [-0.1, -0.05) is 0 Å². The number of carbonyl (C=O) groups excluding carboxylic acids is 2. The number of rotatable bonds is 3. The normalized spacial score (nSPS) is 23.2. The molecule has 0 bridgehead atoms. The maximum atomic E-state index is 12.3. The van der Waals surface area contributed by atoms with Gasteiger partial charge in [0, 0.05) is 37.7 Å². The number of halogens is 2. The third-order valence-electron chi connectivity index (χ3n) is 3.90. The fourth-order valence-electron chi connectivity index (χ4n) is 2.89. The van der Waals surface area contributed by atoms with Crippen LogP contribution in [-0.2, 0) is 4.79 Å². The Morgan fingerprint density at radius 1 is 1.40 bits per heavy atom. The number of nitrogens with zero attached hydrogens (tertiary/aromatic N) is 2. The van der Waals surface area contributed by atoms with E-state index in [1.165, 1.54) is 11.3 Å². The standard InChI is InChI=1S/C13H14Br2N2O2S/c14-11-5-9(13(15)20-11)10(18)7-16-3-4-17-8(6-16)1-2-12(17)19/h5,8H,1-4,6-7H2. The highest BCUT2D eigenvalue weighted by molar-refractivity contribution is 9.12. The number of piperazine rings is 1. The Labute approximate surface area is 138 Å². The molecule has 1 aromatic rings. The molecule has 1 unspecified atom stereocenters. The van der Waals surface area contributed by atoms with E-state index in [-0.39, 0.29) is 11.7 Å². The molecule has 1 atom stereocenters. The van der Waals surface area contributed by atoms with E-state index in [1.807, 2.05) is 11.0 Å². The van der Waals surface area contributed by atoms with Crippen LogP contribution in [-0.4, -0.2) is 53.7 Å². The smallest absolute Gasteiger partial charge is 0.222 e. The van der Waals surface area contributed by atoms with Crippen LogP contribution in [0.3, 0.4) is 0 Å². The molecule has 1 amide bonds. The van der Waals surface area contributed by atoms with Gasteiger partial charge in [-0.15, -0.1) is 11.3 Å². The van der Waals surface area contributed by atoms with Gasteiger partial charge in [0.15, 0.2) is 5.78 Å². The van der Waals surface area contributed by atoms with Crippen molar-refractivity contribution in [2.75, 3.05) is 26.2 Å². The molecule has 108 valence electrons. The van der Waals surface area contributed by atoms with Gasteiger partial charge in [0.25, 0.3) is 0 Å². The predicted octanol–water partition coefficient (Wildman–Crippen LogP) is 2.76. The summed E-state index contributed by atoms with van der Waals surface area (Å²) >= 11 is 8.35. The summed E-state index contributed by atoms with van der Waals surface area (Å²) in [6.45, 7) is 2.79. The zero-order chi connectivity index (χ0) is 14.3. The number of Topliss-reactive ketones (excluding diaryl/α,β-unsaturated/α-hetero) is 1. The van der Waals surface area contributed by atoms with Crippen molar-refractivity contribution in [2.24, 2.45) is 0 Å². The minimum Gasteiger partial charge on any atom is -0.337 e. The molecule has 2 fully saturated rings. The zero-order valence-electron chi connectivity index (χ0n) is 10.8. The molecule has 0 aromatic carbocycles. The number of hydrogen-bond donors (Lipinski definition) is 0. The topological polar surface area (TPSA) is 40.6 Å². The number of hydrogen-bond acceptors (Lipinski definition) is 4. The number of amides is 1. The second-order valence-electron chi connectivity index (χ2n) is 5.18. The number of thiophene rings is 1. The second kappa shape index (κ2) is 5.87. The van der Waals surface area contributed by atoms with Gasteiger partial charge < -0.3 is 4.90 Å². The molecule has 0 saturated carbocycles. The largest absolute Gasteiger partial charge is 0.337 e. The average molecular weight is 422 g/mol. The average Bonchev–Trinajstić information content (AvgIpc) is 2.93. The van der Waals surface area contributed by atoms with Crippen LogP contribution < -0.4 is 0 Å². The highest BCUT2D eigenvalue weighted by Gasteiger charge is 2.35.